The number of carbonyl (C=O) groups is 2. The third-order valence-corrected chi connectivity index (χ3v) is 4.49. The van der Waals surface area contributed by atoms with E-state index < -0.39 is 5.91 Å². The maximum absolute atomic E-state index is 12.3. The summed E-state index contributed by atoms with van der Waals surface area (Å²) in [6, 6.07) is 5.21. The fraction of sp³-hybridized carbons (Fsp3) is 0.235. The van der Waals surface area contributed by atoms with E-state index in [1.54, 1.807) is 31.5 Å². The highest BCUT2D eigenvalue weighted by Gasteiger charge is 2.16. The molecule has 0 aliphatic rings. The quantitative estimate of drug-likeness (QED) is 0.614. The van der Waals surface area contributed by atoms with Crippen LogP contribution in [-0.4, -0.2) is 42.5 Å². The number of benzene rings is 1. The van der Waals surface area contributed by atoms with Gasteiger partial charge in [-0.2, -0.15) is 0 Å². The van der Waals surface area contributed by atoms with Crippen molar-refractivity contribution in [3.05, 3.63) is 35.0 Å². The van der Waals surface area contributed by atoms with Gasteiger partial charge in [0.15, 0.2) is 16.6 Å². The van der Waals surface area contributed by atoms with Gasteiger partial charge >= 0.3 is 0 Å². The Balaban J connectivity index is 1.68. The summed E-state index contributed by atoms with van der Waals surface area (Å²) >= 11 is 1.37. The summed E-state index contributed by atoms with van der Waals surface area (Å²) in [5.74, 6) is 0.372. The predicted octanol–water partition coefficient (Wildman–Crippen LogP) is 2.32. The molecule has 2 heterocycles. The Morgan fingerprint density at radius 1 is 1.27 bits per heavy atom. The monoisotopic (exact) mass is 374 g/mol. The first kappa shape index (κ1) is 17.7. The van der Waals surface area contributed by atoms with Crippen molar-refractivity contribution in [2.24, 2.45) is 0 Å². The molecule has 9 heteroatoms. The zero-order valence-electron chi connectivity index (χ0n) is 14.5. The second-order valence-electron chi connectivity index (χ2n) is 5.45. The van der Waals surface area contributed by atoms with Gasteiger partial charge in [0.05, 0.1) is 26.3 Å². The molecule has 0 saturated heterocycles. The van der Waals surface area contributed by atoms with E-state index in [1.807, 2.05) is 6.92 Å². The number of ether oxygens (including phenoxy) is 2. The van der Waals surface area contributed by atoms with E-state index in [4.69, 9.17) is 9.47 Å². The average molecular weight is 374 g/mol. The summed E-state index contributed by atoms with van der Waals surface area (Å²) in [7, 11) is 3.08. The minimum Gasteiger partial charge on any atom is -0.493 e. The van der Waals surface area contributed by atoms with Gasteiger partial charge in [0.25, 0.3) is 5.91 Å². The number of rotatable bonds is 6. The van der Waals surface area contributed by atoms with Crippen LogP contribution in [0, 0.1) is 6.92 Å². The lowest BCUT2D eigenvalue weighted by Gasteiger charge is -2.07. The lowest BCUT2D eigenvalue weighted by molar-refractivity contribution is -0.115. The Morgan fingerprint density at radius 2 is 2.08 bits per heavy atom. The normalized spacial score (nSPS) is 10.6. The molecule has 0 saturated carbocycles. The van der Waals surface area contributed by atoms with Gasteiger partial charge in [0.1, 0.15) is 5.69 Å². The van der Waals surface area contributed by atoms with Gasteiger partial charge in [0, 0.05) is 16.5 Å². The van der Waals surface area contributed by atoms with Crippen molar-refractivity contribution in [1.29, 1.82) is 0 Å². The Labute approximate surface area is 153 Å². The lowest BCUT2D eigenvalue weighted by Crippen LogP contribution is -2.33. The summed E-state index contributed by atoms with van der Waals surface area (Å²) < 4.78 is 10.6. The lowest BCUT2D eigenvalue weighted by atomic mass is 10.2. The van der Waals surface area contributed by atoms with E-state index in [-0.39, 0.29) is 12.5 Å². The van der Waals surface area contributed by atoms with Crippen molar-refractivity contribution in [2.45, 2.75) is 6.92 Å². The Kier molecular flexibility index (Phi) is 5.08. The summed E-state index contributed by atoms with van der Waals surface area (Å²) in [6.07, 6.45) is 1.67. The fourth-order valence-corrected chi connectivity index (χ4v) is 3.16. The maximum Gasteiger partial charge on any atom is 0.268 e. The summed E-state index contributed by atoms with van der Waals surface area (Å²) in [5.41, 5.74) is 1.06. The number of methoxy groups -OCH3 is 2. The first-order valence-electron chi connectivity index (χ1n) is 7.76. The van der Waals surface area contributed by atoms with E-state index in [2.05, 4.69) is 20.6 Å². The van der Waals surface area contributed by atoms with Crippen molar-refractivity contribution in [2.75, 3.05) is 26.1 Å². The molecule has 2 aromatic heterocycles. The van der Waals surface area contributed by atoms with Gasteiger partial charge in [-0.05, 0) is 25.1 Å². The first-order valence-corrected chi connectivity index (χ1v) is 8.57. The van der Waals surface area contributed by atoms with E-state index in [9.17, 15) is 9.59 Å². The van der Waals surface area contributed by atoms with E-state index in [0.717, 1.165) is 15.8 Å². The number of aryl methyl sites for hydroxylation is 1. The molecule has 0 fully saturated rings. The van der Waals surface area contributed by atoms with Crippen LogP contribution in [0.1, 0.15) is 15.4 Å². The number of amides is 2. The van der Waals surface area contributed by atoms with Crippen molar-refractivity contribution in [1.82, 2.24) is 15.3 Å². The second-order valence-corrected chi connectivity index (χ2v) is 6.69. The first-order chi connectivity index (χ1) is 12.5. The molecular weight excluding hydrogens is 356 g/mol. The molecule has 8 nitrogen and oxygen atoms in total. The molecule has 136 valence electrons. The Hall–Kier alpha value is -3.07. The number of carbonyl (C=O) groups excluding carboxylic acids is 2. The van der Waals surface area contributed by atoms with Gasteiger partial charge in [-0.15, -0.1) is 11.3 Å². The van der Waals surface area contributed by atoms with Gasteiger partial charge in [-0.3, -0.25) is 9.59 Å². The highest BCUT2D eigenvalue weighted by molar-refractivity contribution is 7.15. The SMILES string of the molecule is COc1ccc2[nH]c(C(=O)NCC(=O)Nc3ncc(C)s3)cc2c1OC. The van der Waals surface area contributed by atoms with Crippen molar-refractivity contribution < 1.29 is 19.1 Å². The summed E-state index contributed by atoms with van der Waals surface area (Å²) in [5, 5.41) is 6.44. The van der Waals surface area contributed by atoms with Crippen LogP contribution < -0.4 is 20.1 Å². The predicted molar refractivity (Wildman–Crippen MR) is 99.2 cm³/mol. The van der Waals surface area contributed by atoms with Crippen LogP contribution >= 0.6 is 11.3 Å². The number of aromatic amines is 1. The zero-order chi connectivity index (χ0) is 18.7. The zero-order valence-corrected chi connectivity index (χ0v) is 15.3. The molecule has 0 unspecified atom stereocenters. The molecule has 0 aliphatic heterocycles. The van der Waals surface area contributed by atoms with Crippen molar-refractivity contribution in [3.8, 4) is 11.5 Å². The number of hydrogen-bond acceptors (Lipinski definition) is 6. The number of anilines is 1. The number of nitrogens with zero attached hydrogens (tertiary/aromatic N) is 1. The van der Waals surface area contributed by atoms with Crippen LogP contribution in [0.3, 0.4) is 0 Å². The topological polar surface area (TPSA) is 105 Å². The number of thiazole rings is 1. The number of fused-ring (bicyclic) bond motifs is 1. The smallest absolute Gasteiger partial charge is 0.268 e. The average Bonchev–Trinajstić information content (AvgIpc) is 3.24. The second kappa shape index (κ2) is 7.44. The third kappa shape index (κ3) is 3.62. The molecule has 0 spiro atoms. The van der Waals surface area contributed by atoms with Crippen LogP contribution in [0.15, 0.2) is 24.4 Å². The highest BCUT2D eigenvalue weighted by Crippen LogP contribution is 2.35. The highest BCUT2D eigenvalue weighted by atomic mass is 32.1. The molecule has 3 N–H and O–H groups in total. The van der Waals surface area contributed by atoms with Gasteiger partial charge < -0.3 is 25.1 Å². The van der Waals surface area contributed by atoms with E-state index >= 15 is 0 Å². The van der Waals surface area contributed by atoms with Gasteiger partial charge in [-0.1, -0.05) is 0 Å². The molecule has 3 aromatic rings. The molecule has 3 rings (SSSR count). The fourth-order valence-electron chi connectivity index (χ4n) is 2.48. The van der Waals surface area contributed by atoms with E-state index in [1.165, 1.54) is 18.4 Å². The number of hydrogen-bond donors (Lipinski definition) is 3. The summed E-state index contributed by atoms with van der Waals surface area (Å²) in [6.45, 7) is 1.74. The third-order valence-electron chi connectivity index (χ3n) is 3.66. The molecular formula is C17H18N4O4S. The Bertz CT molecular complexity index is 963. The van der Waals surface area contributed by atoms with Crippen LogP contribution in [0.4, 0.5) is 5.13 Å². The molecule has 2 amide bonds. The standard InChI is InChI=1S/C17H18N4O4S/c1-9-7-19-17(26-9)21-14(22)8-18-16(23)12-6-10-11(20-12)4-5-13(24-2)15(10)25-3/h4-7,20H,8H2,1-3H3,(H,18,23)(H,19,21,22). The van der Waals surface area contributed by atoms with Crippen LogP contribution in [0.2, 0.25) is 0 Å². The molecule has 0 bridgehead atoms. The minimum atomic E-state index is -0.396. The molecule has 1 aromatic carbocycles. The minimum absolute atomic E-state index is 0.159. The number of aromatic nitrogens is 2. The molecule has 26 heavy (non-hydrogen) atoms. The Morgan fingerprint density at radius 3 is 2.73 bits per heavy atom. The van der Waals surface area contributed by atoms with Gasteiger partial charge in [-0.25, -0.2) is 4.98 Å². The molecule has 0 aliphatic carbocycles. The van der Waals surface area contributed by atoms with Crippen LogP contribution in [-0.2, 0) is 4.79 Å². The summed E-state index contributed by atoms with van der Waals surface area (Å²) in [4.78, 5) is 32.3. The maximum atomic E-state index is 12.3. The van der Waals surface area contributed by atoms with Crippen LogP contribution in [0.25, 0.3) is 10.9 Å². The van der Waals surface area contributed by atoms with Crippen LogP contribution in [0.5, 0.6) is 11.5 Å². The molecule has 0 atom stereocenters. The number of H-pyrrole nitrogens is 1. The largest absolute Gasteiger partial charge is 0.493 e. The molecule has 0 radical (unpaired) electrons. The number of nitrogens with one attached hydrogen (secondary N) is 3. The van der Waals surface area contributed by atoms with Gasteiger partial charge in [0.2, 0.25) is 5.91 Å². The van der Waals surface area contributed by atoms with Crippen molar-refractivity contribution in [3.63, 3.8) is 0 Å². The van der Waals surface area contributed by atoms with E-state index in [0.29, 0.717) is 22.3 Å². The van der Waals surface area contributed by atoms with Crippen molar-refractivity contribution >= 4 is 39.2 Å².